The predicted octanol–water partition coefficient (Wildman–Crippen LogP) is -0.260. The topological polar surface area (TPSA) is 58.9 Å². The van der Waals surface area contributed by atoms with Gasteiger partial charge in [0.25, 0.3) is 0 Å². The van der Waals surface area contributed by atoms with Crippen LogP contribution in [0.4, 0.5) is 0 Å². The molecule has 1 fully saturated rings. The van der Waals surface area contributed by atoms with Gasteiger partial charge < -0.3 is 19.7 Å². The van der Waals surface area contributed by atoms with Gasteiger partial charge in [-0.05, 0) is 12.8 Å². The van der Waals surface area contributed by atoms with E-state index in [-0.39, 0.29) is 19.5 Å². The van der Waals surface area contributed by atoms with E-state index in [2.05, 4.69) is 4.74 Å². The SMILES string of the molecule is COCO.OCC1CCCO1. The normalized spacial score (nSPS) is 22.6. The van der Waals surface area contributed by atoms with Crippen LogP contribution in [0.5, 0.6) is 0 Å². The standard InChI is InChI=1S/C5H10O2.C2H6O2/c6-4-5-2-1-3-7-5;1-4-2-3/h5-6H,1-4H2;3H,2H2,1H3. The second kappa shape index (κ2) is 7.94. The fraction of sp³-hybridized carbons (Fsp3) is 1.00. The maximum absolute atomic E-state index is 8.44. The molecule has 0 spiro atoms. The lowest BCUT2D eigenvalue weighted by molar-refractivity contribution is 0.0325. The summed E-state index contributed by atoms with van der Waals surface area (Å²) in [6, 6.07) is 0. The summed E-state index contributed by atoms with van der Waals surface area (Å²) in [5.74, 6) is 0. The van der Waals surface area contributed by atoms with Gasteiger partial charge in [0, 0.05) is 13.7 Å². The van der Waals surface area contributed by atoms with E-state index in [1.54, 1.807) is 0 Å². The van der Waals surface area contributed by atoms with Gasteiger partial charge in [-0.15, -0.1) is 0 Å². The zero-order valence-corrected chi connectivity index (χ0v) is 6.82. The van der Waals surface area contributed by atoms with Gasteiger partial charge in [0.2, 0.25) is 0 Å². The van der Waals surface area contributed by atoms with E-state index < -0.39 is 0 Å². The Morgan fingerprint density at radius 1 is 1.55 bits per heavy atom. The van der Waals surface area contributed by atoms with Crippen LogP contribution in [0.1, 0.15) is 12.8 Å². The van der Waals surface area contributed by atoms with Crippen molar-refractivity contribution in [3.63, 3.8) is 0 Å². The number of methoxy groups -OCH3 is 1. The number of aliphatic hydroxyl groups excluding tert-OH is 2. The zero-order chi connectivity index (χ0) is 8.53. The molecule has 0 aromatic rings. The van der Waals surface area contributed by atoms with Gasteiger partial charge in [0.1, 0.15) is 6.79 Å². The first-order valence-corrected chi connectivity index (χ1v) is 3.67. The molecule has 0 aromatic heterocycles. The minimum Gasteiger partial charge on any atom is -0.394 e. The minimum absolute atomic E-state index is 0.153. The Bertz CT molecular complexity index is 68.8. The molecule has 68 valence electrons. The van der Waals surface area contributed by atoms with Gasteiger partial charge >= 0.3 is 0 Å². The molecular weight excluding hydrogens is 148 g/mol. The lowest BCUT2D eigenvalue weighted by Crippen LogP contribution is -2.09. The molecule has 1 aliphatic heterocycles. The lowest BCUT2D eigenvalue weighted by Gasteiger charge is -2.00. The van der Waals surface area contributed by atoms with Crippen LogP contribution in [-0.4, -0.2) is 43.4 Å². The third-order valence-electron chi connectivity index (χ3n) is 1.36. The van der Waals surface area contributed by atoms with Crippen molar-refractivity contribution in [3.8, 4) is 0 Å². The summed E-state index contributed by atoms with van der Waals surface area (Å²) < 4.78 is 9.15. The number of hydrogen-bond donors (Lipinski definition) is 2. The highest BCUT2D eigenvalue weighted by Gasteiger charge is 2.12. The number of aliphatic hydroxyl groups is 2. The van der Waals surface area contributed by atoms with Gasteiger partial charge in [-0.3, -0.25) is 0 Å². The first-order valence-electron chi connectivity index (χ1n) is 3.67. The third-order valence-corrected chi connectivity index (χ3v) is 1.36. The van der Waals surface area contributed by atoms with E-state index in [1.165, 1.54) is 7.11 Å². The number of hydrogen-bond acceptors (Lipinski definition) is 4. The van der Waals surface area contributed by atoms with Crippen LogP contribution in [0.2, 0.25) is 0 Å². The van der Waals surface area contributed by atoms with Crippen LogP contribution in [0.15, 0.2) is 0 Å². The highest BCUT2D eigenvalue weighted by Crippen LogP contribution is 2.09. The zero-order valence-electron chi connectivity index (χ0n) is 6.82. The molecule has 1 saturated heterocycles. The molecule has 1 rings (SSSR count). The summed E-state index contributed by atoms with van der Waals surface area (Å²) in [6.07, 6.45) is 2.31. The van der Waals surface area contributed by atoms with Crippen molar-refractivity contribution in [1.82, 2.24) is 0 Å². The Hall–Kier alpha value is -0.160. The fourth-order valence-corrected chi connectivity index (χ4v) is 0.788. The molecule has 0 aliphatic carbocycles. The number of rotatable bonds is 2. The van der Waals surface area contributed by atoms with Crippen molar-refractivity contribution < 1.29 is 19.7 Å². The van der Waals surface area contributed by atoms with Crippen molar-refractivity contribution in [1.29, 1.82) is 0 Å². The smallest absolute Gasteiger partial charge is 0.143 e. The van der Waals surface area contributed by atoms with Crippen LogP contribution < -0.4 is 0 Å². The van der Waals surface area contributed by atoms with E-state index in [0.717, 1.165) is 19.4 Å². The molecule has 4 heteroatoms. The molecule has 1 atom stereocenters. The van der Waals surface area contributed by atoms with Crippen molar-refractivity contribution in [2.75, 3.05) is 27.1 Å². The van der Waals surface area contributed by atoms with E-state index in [9.17, 15) is 0 Å². The van der Waals surface area contributed by atoms with Gasteiger partial charge in [-0.25, -0.2) is 0 Å². The maximum atomic E-state index is 8.44. The monoisotopic (exact) mass is 164 g/mol. The van der Waals surface area contributed by atoms with Crippen LogP contribution in [-0.2, 0) is 9.47 Å². The first kappa shape index (κ1) is 10.8. The van der Waals surface area contributed by atoms with Gasteiger partial charge in [0.05, 0.1) is 12.7 Å². The van der Waals surface area contributed by atoms with E-state index in [1.807, 2.05) is 0 Å². The van der Waals surface area contributed by atoms with Gasteiger partial charge in [-0.1, -0.05) is 0 Å². The summed E-state index contributed by atoms with van der Waals surface area (Å²) in [5, 5.41) is 16.1. The Morgan fingerprint density at radius 3 is 2.36 bits per heavy atom. The molecule has 1 unspecified atom stereocenters. The van der Waals surface area contributed by atoms with Crippen molar-refractivity contribution in [3.05, 3.63) is 0 Å². The highest BCUT2D eigenvalue weighted by atomic mass is 16.6. The van der Waals surface area contributed by atoms with Crippen LogP contribution in [0.3, 0.4) is 0 Å². The average molecular weight is 164 g/mol. The quantitative estimate of drug-likeness (QED) is 0.552. The first-order chi connectivity index (χ1) is 5.35. The fourth-order valence-electron chi connectivity index (χ4n) is 0.788. The molecule has 4 nitrogen and oxygen atoms in total. The summed E-state index contributed by atoms with van der Waals surface area (Å²) in [7, 11) is 1.43. The minimum atomic E-state index is -0.181. The summed E-state index contributed by atoms with van der Waals surface area (Å²) in [5.41, 5.74) is 0. The Morgan fingerprint density at radius 2 is 2.18 bits per heavy atom. The van der Waals surface area contributed by atoms with Crippen molar-refractivity contribution in [2.45, 2.75) is 18.9 Å². The molecule has 0 amide bonds. The Labute approximate surface area is 66.7 Å². The molecule has 0 saturated carbocycles. The van der Waals surface area contributed by atoms with Gasteiger partial charge in [0.15, 0.2) is 0 Å². The van der Waals surface area contributed by atoms with E-state index in [0.29, 0.717) is 0 Å². The van der Waals surface area contributed by atoms with Crippen LogP contribution in [0.25, 0.3) is 0 Å². The molecule has 1 heterocycles. The van der Waals surface area contributed by atoms with E-state index >= 15 is 0 Å². The van der Waals surface area contributed by atoms with Crippen LogP contribution >= 0.6 is 0 Å². The molecular formula is C7H16O4. The van der Waals surface area contributed by atoms with Crippen molar-refractivity contribution >= 4 is 0 Å². The highest BCUT2D eigenvalue weighted by molar-refractivity contribution is 4.61. The second-order valence-electron chi connectivity index (χ2n) is 2.24. The molecule has 0 bridgehead atoms. The summed E-state index contributed by atoms with van der Waals surface area (Å²) in [6.45, 7) is 0.852. The predicted molar refractivity (Wildman–Crippen MR) is 40.2 cm³/mol. The molecule has 1 aliphatic rings. The number of ether oxygens (including phenoxy) is 2. The molecule has 0 aromatic carbocycles. The van der Waals surface area contributed by atoms with Crippen molar-refractivity contribution in [2.24, 2.45) is 0 Å². The summed E-state index contributed by atoms with van der Waals surface area (Å²) >= 11 is 0. The van der Waals surface area contributed by atoms with Gasteiger partial charge in [-0.2, -0.15) is 0 Å². The average Bonchev–Trinajstić information content (AvgIpc) is 2.56. The Kier molecular flexibility index (Phi) is 7.83. The maximum Gasteiger partial charge on any atom is 0.143 e. The largest absolute Gasteiger partial charge is 0.394 e. The lowest BCUT2D eigenvalue weighted by atomic mass is 10.2. The van der Waals surface area contributed by atoms with E-state index in [4.69, 9.17) is 14.9 Å². The molecule has 11 heavy (non-hydrogen) atoms. The van der Waals surface area contributed by atoms with Crippen LogP contribution in [0, 0.1) is 0 Å². The molecule has 2 N–H and O–H groups in total. The second-order valence-corrected chi connectivity index (χ2v) is 2.24. The molecule has 0 radical (unpaired) electrons. The Balaban J connectivity index is 0.000000218. The third kappa shape index (κ3) is 6.25. The summed E-state index contributed by atoms with van der Waals surface area (Å²) in [4.78, 5) is 0.